The highest BCUT2D eigenvalue weighted by atomic mass is 16.5. The number of aliphatic hydroxyl groups is 1. The van der Waals surface area contributed by atoms with Gasteiger partial charge in [0.1, 0.15) is 17.5 Å². The number of carbonyl (C=O) groups excluding carboxylic acids is 2. The van der Waals surface area contributed by atoms with E-state index in [4.69, 9.17) is 9.47 Å². The van der Waals surface area contributed by atoms with E-state index in [0.717, 1.165) is 0 Å². The summed E-state index contributed by atoms with van der Waals surface area (Å²) in [5.41, 5.74) is 1.14. The standard InChI is InChI=1S/C22H26N2O5/c1-23-9-3-4-18(23)21(26)24-12-15-10-19(25)20(11-16(15)13-24)29-17-7-5-14(6-8-17)22(27)28-2/h3-9,15-16,19-20,25H,10-13H2,1-2H3/t15-,16+,19-,20-/m0/s1. The van der Waals surface area contributed by atoms with Crippen molar-refractivity contribution in [3.05, 3.63) is 53.9 Å². The summed E-state index contributed by atoms with van der Waals surface area (Å²) in [6, 6.07) is 10.4. The van der Waals surface area contributed by atoms with Gasteiger partial charge in [-0.15, -0.1) is 0 Å². The highest BCUT2D eigenvalue weighted by Crippen LogP contribution is 2.38. The van der Waals surface area contributed by atoms with E-state index < -0.39 is 12.1 Å². The quantitative estimate of drug-likeness (QED) is 0.798. The monoisotopic (exact) mass is 398 g/mol. The zero-order valence-corrected chi connectivity index (χ0v) is 16.7. The molecule has 154 valence electrons. The Kier molecular flexibility index (Phi) is 5.32. The Morgan fingerprint density at radius 2 is 1.76 bits per heavy atom. The van der Waals surface area contributed by atoms with Gasteiger partial charge in [0.05, 0.1) is 18.8 Å². The number of hydrogen-bond donors (Lipinski definition) is 1. The van der Waals surface area contributed by atoms with Crippen molar-refractivity contribution in [3.8, 4) is 5.75 Å². The predicted octanol–water partition coefficient (Wildman–Crippen LogP) is 2.10. The Balaban J connectivity index is 1.40. The van der Waals surface area contributed by atoms with Crippen molar-refractivity contribution < 1.29 is 24.2 Å². The third kappa shape index (κ3) is 3.87. The summed E-state index contributed by atoms with van der Waals surface area (Å²) >= 11 is 0. The molecule has 1 aliphatic carbocycles. The molecule has 2 aromatic rings. The predicted molar refractivity (Wildman–Crippen MR) is 106 cm³/mol. The second kappa shape index (κ2) is 7.91. The molecule has 1 saturated carbocycles. The number of nitrogens with zero attached hydrogens (tertiary/aromatic N) is 2. The van der Waals surface area contributed by atoms with E-state index in [9.17, 15) is 14.7 Å². The zero-order valence-electron chi connectivity index (χ0n) is 16.7. The first-order chi connectivity index (χ1) is 14.0. The van der Waals surface area contributed by atoms with Gasteiger partial charge in [-0.3, -0.25) is 4.79 Å². The lowest BCUT2D eigenvalue weighted by atomic mass is 9.78. The van der Waals surface area contributed by atoms with Crippen molar-refractivity contribution in [2.45, 2.75) is 25.0 Å². The number of fused-ring (bicyclic) bond motifs is 1. The summed E-state index contributed by atoms with van der Waals surface area (Å²) in [5.74, 6) is 0.843. The van der Waals surface area contributed by atoms with Crippen LogP contribution < -0.4 is 4.74 Å². The largest absolute Gasteiger partial charge is 0.488 e. The van der Waals surface area contributed by atoms with Gasteiger partial charge in [0, 0.05) is 26.3 Å². The molecule has 4 atom stereocenters. The van der Waals surface area contributed by atoms with Gasteiger partial charge in [-0.1, -0.05) is 0 Å². The number of ether oxygens (including phenoxy) is 2. The third-order valence-electron chi connectivity index (χ3n) is 6.10. The van der Waals surface area contributed by atoms with Crippen LogP contribution in [-0.4, -0.2) is 58.9 Å². The number of carbonyl (C=O) groups is 2. The number of aryl methyl sites for hydroxylation is 1. The third-order valence-corrected chi connectivity index (χ3v) is 6.10. The van der Waals surface area contributed by atoms with Gasteiger partial charge in [0.2, 0.25) is 0 Å². The second-order valence-corrected chi connectivity index (χ2v) is 7.95. The summed E-state index contributed by atoms with van der Waals surface area (Å²) in [4.78, 5) is 26.3. The smallest absolute Gasteiger partial charge is 0.337 e. The maximum absolute atomic E-state index is 12.8. The van der Waals surface area contributed by atoms with Crippen molar-refractivity contribution in [1.29, 1.82) is 0 Å². The van der Waals surface area contributed by atoms with Gasteiger partial charge in [-0.25, -0.2) is 4.79 Å². The second-order valence-electron chi connectivity index (χ2n) is 7.95. The van der Waals surface area contributed by atoms with Gasteiger partial charge in [-0.2, -0.15) is 0 Å². The summed E-state index contributed by atoms with van der Waals surface area (Å²) in [6.07, 6.45) is 2.27. The molecule has 1 aliphatic heterocycles. The van der Waals surface area contributed by atoms with E-state index in [2.05, 4.69) is 0 Å². The minimum atomic E-state index is -0.582. The number of aromatic nitrogens is 1. The van der Waals surface area contributed by atoms with E-state index in [1.54, 1.807) is 24.3 Å². The summed E-state index contributed by atoms with van der Waals surface area (Å²) in [7, 11) is 3.21. The van der Waals surface area contributed by atoms with Crippen LogP contribution in [0.2, 0.25) is 0 Å². The molecule has 0 unspecified atom stereocenters. The van der Waals surface area contributed by atoms with Gasteiger partial charge in [0.15, 0.2) is 0 Å². The average Bonchev–Trinajstić information content (AvgIpc) is 3.33. The molecule has 1 amide bonds. The fourth-order valence-electron chi connectivity index (χ4n) is 4.49. The first kappa shape index (κ1) is 19.5. The van der Waals surface area contributed by atoms with E-state index in [1.807, 2.05) is 34.8 Å². The number of methoxy groups -OCH3 is 1. The zero-order chi connectivity index (χ0) is 20.5. The molecule has 1 N–H and O–H groups in total. The van der Waals surface area contributed by atoms with Crippen molar-refractivity contribution in [2.24, 2.45) is 18.9 Å². The molecular weight excluding hydrogens is 372 g/mol. The lowest BCUT2D eigenvalue weighted by molar-refractivity contribution is -0.0231. The maximum Gasteiger partial charge on any atom is 0.337 e. The minimum absolute atomic E-state index is 0.0391. The highest BCUT2D eigenvalue weighted by molar-refractivity contribution is 5.93. The normalized spacial score (nSPS) is 26.1. The first-order valence-corrected chi connectivity index (χ1v) is 9.90. The van der Waals surface area contributed by atoms with Gasteiger partial charge < -0.3 is 24.0 Å². The van der Waals surface area contributed by atoms with Crippen molar-refractivity contribution >= 4 is 11.9 Å². The van der Waals surface area contributed by atoms with Gasteiger partial charge in [-0.05, 0) is 61.1 Å². The van der Waals surface area contributed by atoms with Crippen LogP contribution in [0.3, 0.4) is 0 Å². The average molecular weight is 398 g/mol. The van der Waals surface area contributed by atoms with Crippen LogP contribution in [-0.2, 0) is 11.8 Å². The van der Waals surface area contributed by atoms with Crippen LogP contribution in [0.1, 0.15) is 33.7 Å². The Labute approximate surface area is 169 Å². The molecule has 0 bridgehead atoms. The van der Waals surface area contributed by atoms with Crippen molar-refractivity contribution in [1.82, 2.24) is 9.47 Å². The number of rotatable bonds is 4. The molecule has 1 saturated heterocycles. The summed E-state index contributed by atoms with van der Waals surface area (Å²) in [5, 5.41) is 10.6. The Hall–Kier alpha value is -2.80. The number of aliphatic hydroxyl groups excluding tert-OH is 1. The molecule has 29 heavy (non-hydrogen) atoms. The molecule has 0 spiro atoms. The Bertz CT molecular complexity index is 891. The highest BCUT2D eigenvalue weighted by Gasteiger charge is 2.44. The van der Waals surface area contributed by atoms with E-state index in [-0.39, 0.29) is 17.9 Å². The fourth-order valence-corrected chi connectivity index (χ4v) is 4.49. The maximum atomic E-state index is 12.8. The van der Waals surface area contributed by atoms with Gasteiger partial charge in [0.25, 0.3) is 5.91 Å². The molecular formula is C22H26N2O5. The Morgan fingerprint density at radius 3 is 2.38 bits per heavy atom. The van der Waals surface area contributed by atoms with Crippen LogP contribution in [0.4, 0.5) is 0 Å². The summed E-state index contributed by atoms with van der Waals surface area (Å²) in [6.45, 7) is 1.36. The molecule has 2 aliphatic rings. The molecule has 1 aromatic carbocycles. The number of hydrogen-bond acceptors (Lipinski definition) is 5. The van der Waals surface area contributed by atoms with E-state index in [0.29, 0.717) is 48.9 Å². The topological polar surface area (TPSA) is 81.0 Å². The fraction of sp³-hybridized carbons (Fsp3) is 0.455. The first-order valence-electron chi connectivity index (χ1n) is 9.90. The lowest BCUT2D eigenvalue weighted by Gasteiger charge is -2.35. The molecule has 7 nitrogen and oxygen atoms in total. The van der Waals surface area contributed by atoms with Crippen LogP contribution in [0.25, 0.3) is 0 Å². The Morgan fingerprint density at radius 1 is 1.07 bits per heavy atom. The SMILES string of the molecule is COC(=O)c1ccc(O[C@H]2C[C@@H]3CN(C(=O)c4cccn4C)C[C@@H]3C[C@@H]2O)cc1. The van der Waals surface area contributed by atoms with E-state index in [1.165, 1.54) is 7.11 Å². The molecule has 4 rings (SSSR count). The van der Waals surface area contributed by atoms with E-state index >= 15 is 0 Å². The number of amides is 1. The molecule has 2 heterocycles. The van der Waals surface area contributed by atoms with Crippen molar-refractivity contribution in [3.63, 3.8) is 0 Å². The molecule has 0 radical (unpaired) electrons. The lowest BCUT2D eigenvalue weighted by Crippen LogP contribution is -2.42. The molecule has 2 fully saturated rings. The molecule has 7 heteroatoms. The molecule has 1 aromatic heterocycles. The van der Waals surface area contributed by atoms with Crippen LogP contribution in [0, 0.1) is 11.8 Å². The number of likely N-dealkylation sites (tertiary alicyclic amines) is 1. The summed E-state index contributed by atoms with van der Waals surface area (Å²) < 4.78 is 12.6. The number of benzene rings is 1. The van der Waals surface area contributed by atoms with Gasteiger partial charge >= 0.3 is 5.97 Å². The number of esters is 1. The van der Waals surface area contributed by atoms with Crippen LogP contribution >= 0.6 is 0 Å². The minimum Gasteiger partial charge on any atom is -0.488 e. The van der Waals surface area contributed by atoms with Crippen molar-refractivity contribution in [2.75, 3.05) is 20.2 Å². The van der Waals surface area contributed by atoms with Crippen LogP contribution in [0.5, 0.6) is 5.75 Å². The van der Waals surface area contributed by atoms with Crippen LogP contribution in [0.15, 0.2) is 42.6 Å².